The molecule has 2 aromatic carbocycles. The molecule has 0 aliphatic rings. The van der Waals surface area contributed by atoms with Gasteiger partial charge in [0.1, 0.15) is 11.8 Å². The van der Waals surface area contributed by atoms with Crippen LogP contribution in [0.5, 0.6) is 5.75 Å². The quantitative estimate of drug-likeness (QED) is 0.829. The molecule has 3 nitrogen and oxygen atoms in total. The van der Waals surface area contributed by atoms with Gasteiger partial charge in [-0.25, -0.2) is 0 Å². The third-order valence-corrected chi connectivity index (χ3v) is 3.26. The van der Waals surface area contributed by atoms with Crippen molar-refractivity contribution in [1.82, 2.24) is 0 Å². The monoisotopic (exact) mass is 266 g/mol. The maximum Gasteiger partial charge on any atom is 0.136 e. The van der Waals surface area contributed by atoms with E-state index in [4.69, 9.17) is 10.00 Å². The molecule has 0 amide bonds. The highest BCUT2D eigenvalue weighted by Crippen LogP contribution is 2.22. The normalized spacial score (nSPS) is 9.85. The number of anilines is 1. The van der Waals surface area contributed by atoms with E-state index in [1.54, 1.807) is 7.11 Å². The minimum Gasteiger partial charge on any atom is -0.495 e. The van der Waals surface area contributed by atoms with Gasteiger partial charge < -0.3 is 9.64 Å². The van der Waals surface area contributed by atoms with E-state index >= 15 is 0 Å². The van der Waals surface area contributed by atoms with Gasteiger partial charge in [0.25, 0.3) is 0 Å². The van der Waals surface area contributed by atoms with Crippen molar-refractivity contribution in [2.75, 3.05) is 18.6 Å². The summed E-state index contributed by atoms with van der Waals surface area (Å²) < 4.78 is 5.17. The topological polar surface area (TPSA) is 36.3 Å². The van der Waals surface area contributed by atoms with Crippen LogP contribution in [0.25, 0.3) is 0 Å². The van der Waals surface area contributed by atoms with E-state index in [9.17, 15) is 0 Å². The molecule has 0 aromatic heterocycles. The van der Waals surface area contributed by atoms with Crippen LogP contribution in [0.3, 0.4) is 0 Å². The number of nitrogens with zero attached hydrogens (tertiary/aromatic N) is 2. The Labute approximate surface area is 120 Å². The molecule has 0 bridgehead atoms. The molecule has 102 valence electrons. The zero-order chi connectivity index (χ0) is 14.4. The molecule has 0 atom stereocenters. The summed E-state index contributed by atoms with van der Waals surface area (Å²) >= 11 is 0. The molecule has 2 aromatic rings. The Morgan fingerprint density at radius 1 is 1.15 bits per heavy atom. The molecule has 0 fully saturated rings. The number of ether oxygens (including phenoxy) is 1. The third kappa shape index (κ3) is 3.10. The van der Waals surface area contributed by atoms with Crippen LogP contribution in [-0.2, 0) is 6.54 Å². The van der Waals surface area contributed by atoms with E-state index in [1.807, 2.05) is 36.4 Å². The van der Waals surface area contributed by atoms with Crippen molar-refractivity contribution >= 4 is 5.69 Å². The van der Waals surface area contributed by atoms with Crippen molar-refractivity contribution in [3.05, 3.63) is 59.7 Å². The first-order valence-electron chi connectivity index (χ1n) is 6.65. The number of nitriles is 1. The summed E-state index contributed by atoms with van der Waals surface area (Å²) in [6.45, 7) is 3.82. The summed E-state index contributed by atoms with van der Waals surface area (Å²) in [4.78, 5) is 2.27. The molecule has 2 rings (SSSR count). The van der Waals surface area contributed by atoms with Crippen LogP contribution in [0.4, 0.5) is 5.69 Å². The average Bonchev–Trinajstić information content (AvgIpc) is 2.53. The Kier molecular flexibility index (Phi) is 4.62. The summed E-state index contributed by atoms with van der Waals surface area (Å²) in [5.41, 5.74) is 2.87. The molecule has 0 spiro atoms. The fraction of sp³-hybridized carbons (Fsp3) is 0.235. The van der Waals surface area contributed by atoms with Gasteiger partial charge in [0.15, 0.2) is 0 Å². The molecule has 0 saturated heterocycles. The van der Waals surface area contributed by atoms with E-state index < -0.39 is 0 Å². The minimum absolute atomic E-state index is 0.578. The predicted molar refractivity (Wildman–Crippen MR) is 80.9 cm³/mol. The van der Waals surface area contributed by atoms with Crippen LogP contribution in [0, 0.1) is 11.3 Å². The Hall–Kier alpha value is -2.47. The summed E-state index contributed by atoms with van der Waals surface area (Å²) in [6, 6.07) is 18.2. The molecule has 0 radical (unpaired) electrons. The molecule has 3 heteroatoms. The first kappa shape index (κ1) is 14.0. The number of rotatable bonds is 5. The summed E-state index contributed by atoms with van der Waals surface area (Å²) in [6.07, 6.45) is 0. The Balaban J connectivity index is 2.23. The standard InChI is InChI=1S/C17H18N2O/c1-3-19(16-7-5-4-6-8-16)13-14-9-10-17(20-2)15(11-14)12-18/h4-11H,3,13H2,1-2H3. The molecule has 0 unspecified atom stereocenters. The van der Waals surface area contributed by atoms with Gasteiger partial charge in [0, 0.05) is 18.8 Å². The SMILES string of the molecule is CCN(Cc1ccc(OC)c(C#N)c1)c1ccccc1. The van der Waals surface area contributed by atoms with Gasteiger partial charge >= 0.3 is 0 Å². The lowest BCUT2D eigenvalue weighted by atomic mass is 10.1. The van der Waals surface area contributed by atoms with E-state index in [0.717, 1.165) is 18.7 Å². The third-order valence-electron chi connectivity index (χ3n) is 3.26. The fourth-order valence-corrected chi connectivity index (χ4v) is 2.19. The van der Waals surface area contributed by atoms with Gasteiger partial charge in [-0.3, -0.25) is 0 Å². The van der Waals surface area contributed by atoms with Gasteiger partial charge in [-0.1, -0.05) is 24.3 Å². The molecule has 0 N–H and O–H groups in total. The molecular weight excluding hydrogens is 248 g/mol. The number of methoxy groups -OCH3 is 1. The van der Waals surface area contributed by atoms with Gasteiger partial charge in [-0.2, -0.15) is 5.26 Å². The van der Waals surface area contributed by atoms with Crippen LogP contribution in [0.1, 0.15) is 18.1 Å². The minimum atomic E-state index is 0.578. The van der Waals surface area contributed by atoms with Crippen LogP contribution >= 0.6 is 0 Å². The van der Waals surface area contributed by atoms with Crippen molar-refractivity contribution in [3.8, 4) is 11.8 Å². The number of hydrogen-bond acceptors (Lipinski definition) is 3. The van der Waals surface area contributed by atoms with Crippen molar-refractivity contribution < 1.29 is 4.74 Å². The van der Waals surface area contributed by atoms with Crippen LogP contribution in [0.15, 0.2) is 48.5 Å². The second-order valence-electron chi connectivity index (χ2n) is 4.50. The lowest BCUT2D eigenvalue weighted by Gasteiger charge is -2.23. The number of para-hydroxylation sites is 1. The summed E-state index contributed by atoms with van der Waals surface area (Å²) in [5.74, 6) is 0.624. The molecule has 0 heterocycles. The van der Waals surface area contributed by atoms with Crippen LogP contribution in [-0.4, -0.2) is 13.7 Å². The molecule has 0 aliphatic carbocycles. The predicted octanol–water partition coefficient (Wildman–Crippen LogP) is 3.59. The maximum atomic E-state index is 9.14. The van der Waals surface area contributed by atoms with E-state index in [2.05, 4.69) is 30.0 Å². The first-order chi connectivity index (χ1) is 9.78. The lowest BCUT2D eigenvalue weighted by molar-refractivity contribution is 0.413. The van der Waals surface area contributed by atoms with Crippen molar-refractivity contribution in [1.29, 1.82) is 5.26 Å². The van der Waals surface area contributed by atoms with E-state index in [1.165, 1.54) is 5.69 Å². The molecule has 0 aliphatic heterocycles. The second-order valence-corrected chi connectivity index (χ2v) is 4.50. The van der Waals surface area contributed by atoms with Crippen molar-refractivity contribution in [2.24, 2.45) is 0 Å². The first-order valence-corrected chi connectivity index (χ1v) is 6.65. The average molecular weight is 266 g/mol. The van der Waals surface area contributed by atoms with Crippen molar-refractivity contribution in [2.45, 2.75) is 13.5 Å². The largest absolute Gasteiger partial charge is 0.495 e. The zero-order valence-corrected chi connectivity index (χ0v) is 11.8. The van der Waals surface area contributed by atoms with Gasteiger partial charge in [0.05, 0.1) is 12.7 Å². The highest BCUT2D eigenvalue weighted by molar-refractivity contribution is 5.49. The van der Waals surface area contributed by atoms with Crippen LogP contribution < -0.4 is 9.64 Å². The lowest BCUT2D eigenvalue weighted by Crippen LogP contribution is -2.21. The Morgan fingerprint density at radius 3 is 2.50 bits per heavy atom. The fourth-order valence-electron chi connectivity index (χ4n) is 2.19. The summed E-state index contributed by atoms with van der Waals surface area (Å²) in [5, 5.41) is 9.14. The smallest absolute Gasteiger partial charge is 0.136 e. The zero-order valence-electron chi connectivity index (χ0n) is 11.8. The second kappa shape index (κ2) is 6.63. The highest BCUT2D eigenvalue weighted by atomic mass is 16.5. The van der Waals surface area contributed by atoms with E-state index in [0.29, 0.717) is 11.3 Å². The van der Waals surface area contributed by atoms with Crippen LogP contribution in [0.2, 0.25) is 0 Å². The summed E-state index contributed by atoms with van der Waals surface area (Å²) in [7, 11) is 1.58. The Bertz CT molecular complexity index is 602. The van der Waals surface area contributed by atoms with Gasteiger partial charge in [0.2, 0.25) is 0 Å². The van der Waals surface area contributed by atoms with Crippen molar-refractivity contribution in [3.63, 3.8) is 0 Å². The number of benzene rings is 2. The van der Waals surface area contributed by atoms with Gasteiger partial charge in [-0.05, 0) is 36.8 Å². The molecule has 20 heavy (non-hydrogen) atoms. The molecule has 0 saturated carbocycles. The molecular formula is C17H18N2O. The van der Waals surface area contributed by atoms with E-state index in [-0.39, 0.29) is 0 Å². The highest BCUT2D eigenvalue weighted by Gasteiger charge is 2.08. The Morgan fingerprint density at radius 2 is 1.90 bits per heavy atom. The van der Waals surface area contributed by atoms with Gasteiger partial charge in [-0.15, -0.1) is 0 Å². The number of hydrogen-bond donors (Lipinski definition) is 0. The maximum absolute atomic E-state index is 9.14.